The number of amides is 1. The molecule has 6 rings (SSSR count). The normalized spacial score (nSPS) is 24.8. The van der Waals surface area contributed by atoms with Crippen LogP contribution < -0.4 is 10.1 Å². The van der Waals surface area contributed by atoms with Gasteiger partial charge in [-0.15, -0.1) is 0 Å². The SMILES string of the molecule is COC(=O)[C@@]1(Cn2cnc3ccccc32)[C@H](c2ccc(OC)cc2)CN(C)[C@]12C(=O)Nc1ccccc12. The molecule has 1 aromatic heterocycles. The van der Waals surface area contributed by atoms with Crippen LogP contribution in [-0.2, 0) is 26.4 Å². The number of carbonyl (C=O) groups excluding carboxylic acids is 2. The van der Waals surface area contributed by atoms with Gasteiger partial charge in [0.05, 0.1) is 31.6 Å². The first-order chi connectivity index (χ1) is 18.0. The van der Waals surface area contributed by atoms with Crippen LogP contribution in [0.5, 0.6) is 5.75 Å². The Labute approximate surface area is 214 Å². The number of likely N-dealkylation sites (N-methyl/N-ethyl adjacent to an activating group) is 1. The highest BCUT2D eigenvalue weighted by atomic mass is 16.5. The topological polar surface area (TPSA) is 85.7 Å². The Balaban J connectivity index is 1.66. The van der Waals surface area contributed by atoms with Gasteiger partial charge >= 0.3 is 5.97 Å². The summed E-state index contributed by atoms with van der Waals surface area (Å²) in [7, 11) is 4.93. The minimum Gasteiger partial charge on any atom is -0.497 e. The fraction of sp³-hybridized carbons (Fsp3) is 0.276. The molecule has 3 atom stereocenters. The van der Waals surface area contributed by atoms with Crippen molar-refractivity contribution in [2.75, 3.05) is 33.1 Å². The molecule has 0 unspecified atom stereocenters. The third-order valence-electron chi connectivity index (χ3n) is 8.18. The summed E-state index contributed by atoms with van der Waals surface area (Å²) in [6.07, 6.45) is 1.74. The molecule has 2 aliphatic heterocycles. The van der Waals surface area contributed by atoms with E-state index in [0.717, 1.165) is 27.9 Å². The number of ether oxygens (including phenoxy) is 2. The van der Waals surface area contributed by atoms with Gasteiger partial charge in [0.15, 0.2) is 0 Å². The Hall–Kier alpha value is -4.17. The minimum atomic E-state index is -1.31. The van der Waals surface area contributed by atoms with Crippen LogP contribution in [0.3, 0.4) is 0 Å². The first kappa shape index (κ1) is 23.2. The number of anilines is 1. The fourth-order valence-electron chi connectivity index (χ4n) is 6.62. The molecule has 1 fully saturated rings. The predicted octanol–water partition coefficient (Wildman–Crippen LogP) is 3.78. The van der Waals surface area contributed by atoms with E-state index in [9.17, 15) is 9.59 Å². The summed E-state index contributed by atoms with van der Waals surface area (Å²) < 4.78 is 12.9. The van der Waals surface area contributed by atoms with Gasteiger partial charge < -0.3 is 19.4 Å². The van der Waals surface area contributed by atoms with E-state index in [2.05, 4.69) is 10.3 Å². The number of nitrogens with one attached hydrogen (secondary N) is 1. The van der Waals surface area contributed by atoms with Crippen molar-refractivity contribution in [3.63, 3.8) is 0 Å². The maximum atomic E-state index is 14.3. The zero-order chi connectivity index (χ0) is 25.8. The van der Waals surface area contributed by atoms with Gasteiger partial charge in [-0.1, -0.05) is 42.5 Å². The van der Waals surface area contributed by atoms with E-state index in [1.54, 1.807) is 13.4 Å². The molecule has 1 N–H and O–H groups in total. The number of para-hydroxylation sites is 3. The molecule has 3 aromatic carbocycles. The van der Waals surface area contributed by atoms with Gasteiger partial charge in [0.2, 0.25) is 0 Å². The third kappa shape index (κ3) is 3.02. The molecular formula is C29H28N4O4. The van der Waals surface area contributed by atoms with Crippen LogP contribution in [0.2, 0.25) is 0 Å². The summed E-state index contributed by atoms with van der Waals surface area (Å²) in [6.45, 7) is 0.665. The van der Waals surface area contributed by atoms with Crippen molar-refractivity contribution in [2.24, 2.45) is 5.41 Å². The lowest BCUT2D eigenvalue weighted by Gasteiger charge is -2.45. The summed E-state index contributed by atoms with van der Waals surface area (Å²) in [4.78, 5) is 35.0. The van der Waals surface area contributed by atoms with Gasteiger partial charge in [-0.3, -0.25) is 14.5 Å². The zero-order valence-electron chi connectivity index (χ0n) is 21.0. The molecule has 0 aliphatic carbocycles. The number of fused-ring (bicyclic) bond motifs is 3. The molecule has 188 valence electrons. The summed E-state index contributed by atoms with van der Waals surface area (Å²) in [5.41, 5.74) is 1.50. The summed E-state index contributed by atoms with van der Waals surface area (Å²) in [6, 6.07) is 23.1. The highest BCUT2D eigenvalue weighted by Gasteiger charge is 2.74. The molecule has 2 aliphatic rings. The number of methoxy groups -OCH3 is 2. The first-order valence-electron chi connectivity index (χ1n) is 12.2. The Morgan fingerprint density at radius 2 is 1.78 bits per heavy atom. The molecule has 1 saturated heterocycles. The van der Waals surface area contributed by atoms with Gasteiger partial charge in [0.1, 0.15) is 16.7 Å². The lowest BCUT2D eigenvalue weighted by atomic mass is 9.60. The molecule has 8 heteroatoms. The van der Waals surface area contributed by atoms with Gasteiger partial charge in [-0.05, 0) is 42.9 Å². The van der Waals surface area contributed by atoms with Crippen molar-refractivity contribution < 1.29 is 19.1 Å². The second kappa shape index (κ2) is 8.45. The van der Waals surface area contributed by atoms with Crippen LogP contribution in [0.4, 0.5) is 5.69 Å². The first-order valence-corrected chi connectivity index (χ1v) is 12.2. The van der Waals surface area contributed by atoms with E-state index in [1.165, 1.54) is 7.11 Å². The number of benzene rings is 3. The van der Waals surface area contributed by atoms with Crippen LogP contribution in [0.25, 0.3) is 11.0 Å². The number of carbonyl (C=O) groups is 2. The average molecular weight is 497 g/mol. The number of esters is 1. The highest BCUT2D eigenvalue weighted by molar-refractivity contribution is 6.10. The maximum absolute atomic E-state index is 14.3. The monoisotopic (exact) mass is 496 g/mol. The number of likely N-dealkylation sites (tertiary alicyclic amines) is 1. The lowest BCUT2D eigenvalue weighted by molar-refractivity contribution is -0.165. The smallest absolute Gasteiger partial charge is 0.317 e. The van der Waals surface area contributed by atoms with Crippen molar-refractivity contribution in [1.29, 1.82) is 0 Å². The fourth-order valence-corrected chi connectivity index (χ4v) is 6.62. The lowest BCUT2D eigenvalue weighted by Crippen LogP contribution is -2.60. The van der Waals surface area contributed by atoms with E-state index in [4.69, 9.17) is 9.47 Å². The molecule has 3 heterocycles. The molecule has 0 bridgehead atoms. The number of rotatable bonds is 5. The second-order valence-corrected chi connectivity index (χ2v) is 9.74. The summed E-state index contributed by atoms with van der Waals surface area (Å²) in [5, 5.41) is 3.07. The predicted molar refractivity (Wildman–Crippen MR) is 139 cm³/mol. The Morgan fingerprint density at radius 1 is 1.05 bits per heavy atom. The molecular weight excluding hydrogens is 468 g/mol. The largest absolute Gasteiger partial charge is 0.497 e. The van der Waals surface area contributed by atoms with E-state index in [0.29, 0.717) is 12.2 Å². The molecule has 37 heavy (non-hydrogen) atoms. The molecule has 4 aromatic rings. The molecule has 8 nitrogen and oxygen atoms in total. The molecule has 0 radical (unpaired) electrons. The Bertz CT molecular complexity index is 1510. The number of nitrogens with zero attached hydrogens (tertiary/aromatic N) is 3. The van der Waals surface area contributed by atoms with E-state index in [1.807, 2.05) is 89.3 Å². The summed E-state index contributed by atoms with van der Waals surface area (Å²) >= 11 is 0. The molecule has 1 amide bonds. The second-order valence-electron chi connectivity index (χ2n) is 9.74. The van der Waals surface area contributed by atoms with E-state index < -0.39 is 16.9 Å². The number of hydrogen-bond donors (Lipinski definition) is 1. The van der Waals surface area contributed by atoms with Crippen LogP contribution in [-0.4, -0.2) is 54.1 Å². The summed E-state index contributed by atoms with van der Waals surface area (Å²) in [5.74, 6) is -0.323. The van der Waals surface area contributed by atoms with Crippen molar-refractivity contribution in [2.45, 2.75) is 18.0 Å². The van der Waals surface area contributed by atoms with Crippen LogP contribution in [0.15, 0.2) is 79.1 Å². The average Bonchev–Trinajstić information content (AvgIpc) is 3.56. The Morgan fingerprint density at radius 3 is 2.54 bits per heavy atom. The molecule has 0 saturated carbocycles. The quantitative estimate of drug-likeness (QED) is 0.424. The highest BCUT2D eigenvalue weighted by Crippen LogP contribution is 2.63. The Kier molecular flexibility index (Phi) is 5.31. The zero-order valence-corrected chi connectivity index (χ0v) is 21.0. The van der Waals surface area contributed by atoms with E-state index in [-0.39, 0.29) is 18.4 Å². The third-order valence-corrected chi connectivity index (χ3v) is 8.18. The van der Waals surface area contributed by atoms with Gasteiger partial charge in [0, 0.05) is 30.3 Å². The van der Waals surface area contributed by atoms with Crippen LogP contribution in [0, 0.1) is 5.41 Å². The van der Waals surface area contributed by atoms with Crippen molar-refractivity contribution in [3.05, 3.63) is 90.3 Å². The van der Waals surface area contributed by atoms with Gasteiger partial charge in [-0.25, -0.2) is 4.98 Å². The van der Waals surface area contributed by atoms with Crippen LogP contribution in [0.1, 0.15) is 17.0 Å². The number of hydrogen-bond acceptors (Lipinski definition) is 6. The van der Waals surface area contributed by atoms with Gasteiger partial charge in [0.25, 0.3) is 5.91 Å². The van der Waals surface area contributed by atoms with Crippen LogP contribution >= 0.6 is 0 Å². The number of aromatic nitrogens is 2. The molecule has 1 spiro atoms. The van der Waals surface area contributed by atoms with Crippen molar-refractivity contribution in [3.8, 4) is 5.75 Å². The van der Waals surface area contributed by atoms with Gasteiger partial charge in [-0.2, -0.15) is 0 Å². The standard InChI is InChI=1S/C29H28N4O4/c1-32-16-22(19-12-14-20(36-2)15-13-19)28(27(35)37-3,17-33-18-30-24-10-6-7-11-25(24)33)29(32)21-8-4-5-9-23(21)31-26(29)34/h4-15,18,22H,16-17H2,1-3H3,(H,31,34)/t22-,28+,29+/m0/s1. The van der Waals surface area contributed by atoms with E-state index >= 15 is 0 Å². The maximum Gasteiger partial charge on any atom is 0.317 e. The number of imidazole rings is 1. The van der Waals surface area contributed by atoms with Crippen molar-refractivity contribution >= 4 is 28.6 Å². The van der Waals surface area contributed by atoms with Crippen molar-refractivity contribution in [1.82, 2.24) is 14.5 Å². The minimum absolute atomic E-state index is 0.197.